The van der Waals surface area contributed by atoms with Crippen molar-refractivity contribution < 1.29 is 9.47 Å². The molecule has 3 nitrogen and oxygen atoms in total. The molecule has 2 rings (SSSR count). The second-order valence-corrected chi connectivity index (χ2v) is 5.48. The molecule has 1 saturated heterocycles. The predicted octanol–water partition coefficient (Wildman–Crippen LogP) is 2.35. The maximum absolute atomic E-state index is 5.64. The van der Waals surface area contributed by atoms with Gasteiger partial charge in [0.25, 0.3) is 0 Å². The maximum atomic E-state index is 5.64. The molecule has 17 heavy (non-hydrogen) atoms. The summed E-state index contributed by atoms with van der Waals surface area (Å²) in [6, 6.07) is 0.716. The van der Waals surface area contributed by atoms with E-state index in [1.165, 1.54) is 38.5 Å². The highest BCUT2D eigenvalue weighted by Gasteiger charge is 2.22. The number of ether oxygens (including phenoxy) is 2. The van der Waals surface area contributed by atoms with Crippen LogP contribution in [0, 0.1) is 5.92 Å². The van der Waals surface area contributed by atoms with Gasteiger partial charge < -0.3 is 14.8 Å². The summed E-state index contributed by atoms with van der Waals surface area (Å²) in [7, 11) is 0. The molecule has 1 heterocycles. The Hall–Kier alpha value is -0.120. The van der Waals surface area contributed by atoms with E-state index < -0.39 is 0 Å². The minimum absolute atomic E-state index is 0.275. The lowest BCUT2D eigenvalue weighted by molar-refractivity contribution is -0.0873. The summed E-state index contributed by atoms with van der Waals surface area (Å²) in [4.78, 5) is 0. The molecule has 0 aromatic carbocycles. The van der Waals surface area contributed by atoms with Crippen LogP contribution in [0.4, 0.5) is 0 Å². The van der Waals surface area contributed by atoms with Crippen molar-refractivity contribution in [1.29, 1.82) is 0 Å². The van der Waals surface area contributed by atoms with E-state index in [-0.39, 0.29) is 6.10 Å². The molecule has 0 radical (unpaired) electrons. The fraction of sp³-hybridized carbons (Fsp3) is 1.00. The molecule has 0 aromatic heterocycles. The van der Waals surface area contributed by atoms with Crippen LogP contribution in [-0.4, -0.2) is 38.5 Å². The number of nitrogens with one attached hydrogen (secondary N) is 1. The Labute approximate surface area is 105 Å². The van der Waals surface area contributed by atoms with E-state index in [4.69, 9.17) is 9.47 Å². The minimum Gasteiger partial charge on any atom is -0.376 e. The van der Waals surface area contributed by atoms with Gasteiger partial charge in [-0.05, 0) is 31.6 Å². The fourth-order valence-electron chi connectivity index (χ4n) is 3.02. The highest BCUT2D eigenvalue weighted by molar-refractivity contribution is 4.78. The summed E-state index contributed by atoms with van der Waals surface area (Å²) in [5.41, 5.74) is 0. The standard InChI is InChI=1S/C14H27NO2/c1-2-3-12-4-6-13(7-5-12)15-10-14-11-16-8-9-17-14/h12-15H,2-11H2,1H3. The summed E-state index contributed by atoms with van der Waals surface area (Å²) >= 11 is 0. The zero-order valence-corrected chi connectivity index (χ0v) is 11.1. The second-order valence-electron chi connectivity index (χ2n) is 5.48. The largest absolute Gasteiger partial charge is 0.376 e. The molecule has 0 amide bonds. The molecule has 2 aliphatic rings. The maximum Gasteiger partial charge on any atom is 0.0933 e. The van der Waals surface area contributed by atoms with Gasteiger partial charge in [0.1, 0.15) is 0 Å². The van der Waals surface area contributed by atoms with Gasteiger partial charge in [-0.15, -0.1) is 0 Å². The van der Waals surface area contributed by atoms with Gasteiger partial charge in [-0.2, -0.15) is 0 Å². The third-order valence-electron chi connectivity index (χ3n) is 4.06. The van der Waals surface area contributed by atoms with Gasteiger partial charge in [-0.25, -0.2) is 0 Å². The topological polar surface area (TPSA) is 30.5 Å². The van der Waals surface area contributed by atoms with Crippen LogP contribution in [0.2, 0.25) is 0 Å². The Kier molecular flexibility index (Phi) is 5.75. The van der Waals surface area contributed by atoms with Crippen LogP contribution < -0.4 is 5.32 Å². The third kappa shape index (κ3) is 4.57. The normalized spacial score (nSPS) is 34.8. The van der Waals surface area contributed by atoms with Crippen LogP contribution >= 0.6 is 0 Å². The summed E-state index contributed by atoms with van der Waals surface area (Å²) < 4.78 is 11.0. The third-order valence-corrected chi connectivity index (χ3v) is 4.06. The first kappa shape index (κ1) is 13.3. The van der Waals surface area contributed by atoms with E-state index in [1.807, 2.05) is 0 Å². The molecular formula is C14H27NO2. The van der Waals surface area contributed by atoms with Crippen molar-refractivity contribution in [3.8, 4) is 0 Å². The van der Waals surface area contributed by atoms with E-state index in [2.05, 4.69) is 12.2 Å². The quantitative estimate of drug-likeness (QED) is 0.801. The fourth-order valence-corrected chi connectivity index (χ4v) is 3.02. The van der Waals surface area contributed by atoms with Crippen LogP contribution in [0.3, 0.4) is 0 Å². The van der Waals surface area contributed by atoms with Gasteiger partial charge in [-0.1, -0.05) is 19.8 Å². The Morgan fingerprint density at radius 1 is 1.12 bits per heavy atom. The average Bonchev–Trinajstić information content (AvgIpc) is 2.40. The molecule has 1 aliphatic heterocycles. The number of hydrogen-bond acceptors (Lipinski definition) is 3. The molecule has 0 aromatic rings. The van der Waals surface area contributed by atoms with Crippen LogP contribution in [0.25, 0.3) is 0 Å². The van der Waals surface area contributed by atoms with E-state index >= 15 is 0 Å². The molecule has 0 bridgehead atoms. The summed E-state index contributed by atoms with van der Waals surface area (Å²) in [6.07, 6.45) is 8.55. The molecule has 2 fully saturated rings. The summed E-state index contributed by atoms with van der Waals surface area (Å²) in [5.74, 6) is 0.993. The van der Waals surface area contributed by atoms with Crippen LogP contribution in [-0.2, 0) is 9.47 Å². The van der Waals surface area contributed by atoms with Crippen molar-refractivity contribution in [2.45, 2.75) is 57.6 Å². The SMILES string of the molecule is CCCC1CCC(NCC2COCCO2)CC1. The van der Waals surface area contributed by atoms with E-state index in [0.29, 0.717) is 6.04 Å². The molecule has 1 aliphatic carbocycles. The van der Waals surface area contributed by atoms with Crippen molar-refractivity contribution in [3.63, 3.8) is 0 Å². The van der Waals surface area contributed by atoms with Gasteiger partial charge in [0.05, 0.1) is 25.9 Å². The van der Waals surface area contributed by atoms with E-state index in [1.54, 1.807) is 0 Å². The van der Waals surface area contributed by atoms with Gasteiger partial charge in [-0.3, -0.25) is 0 Å². The molecule has 1 saturated carbocycles. The number of hydrogen-bond donors (Lipinski definition) is 1. The summed E-state index contributed by atoms with van der Waals surface area (Å²) in [6.45, 7) is 5.54. The molecule has 100 valence electrons. The second kappa shape index (κ2) is 7.34. The number of rotatable bonds is 5. The van der Waals surface area contributed by atoms with Crippen LogP contribution in [0.5, 0.6) is 0 Å². The first-order valence-electron chi connectivity index (χ1n) is 7.31. The molecule has 1 N–H and O–H groups in total. The zero-order valence-electron chi connectivity index (χ0n) is 11.1. The molecule has 3 heteroatoms. The van der Waals surface area contributed by atoms with Crippen LogP contribution in [0.15, 0.2) is 0 Å². The Balaban J connectivity index is 1.57. The van der Waals surface area contributed by atoms with Crippen molar-refractivity contribution >= 4 is 0 Å². The first-order valence-corrected chi connectivity index (χ1v) is 7.31. The minimum atomic E-state index is 0.275. The predicted molar refractivity (Wildman–Crippen MR) is 69.2 cm³/mol. The molecule has 1 unspecified atom stereocenters. The van der Waals surface area contributed by atoms with Gasteiger partial charge >= 0.3 is 0 Å². The first-order chi connectivity index (χ1) is 8.38. The lowest BCUT2D eigenvalue weighted by Gasteiger charge is -2.31. The molecule has 0 spiro atoms. The smallest absolute Gasteiger partial charge is 0.0933 e. The molecular weight excluding hydrogens is 214 g/mol. The van der Waals surface area contributed by atoms with Gasteiger partial charge in [0, 0.05) is 12.6 Å². The van der Waals surface area contributed by atoms with Gasteiger partial charge in [0.2, 0.25) is 0 Å². The lowest BCUT2D eigenvalue weighted by Crippen LogP contribution is -2.42. The van der Waals surface area contributed by atoms with Crippen molar-refractivity contribution in [2.24, 2.45) is 5.92 Å². The van der Waals surface area contributed by atoms with Crippen molar-refractivity contribution in [2.75, 3.05) is 26.4 Å². The Morgan fingerprint density at radius 3 is 2.59 bits per heavy atom. The summed E-state index contributed by atoms with van der Waals surface area (Å²) in [5, 5.41) is 3.65. The van der Waals surface area contributed by atoms with Crippen molar-refractivity contribution in [3.05, 3.63) is 0 Å². The lowest BCUT2D eigenvalue weighted by atomic mass is 9.83. The molecule has 1 atom stereocenters. The zero-order chi connectivity index (χ0) is 11.9. The highest BCUT2D eigenvalue weighted by atomic mass is 16.6. The average molecular weight is 241 g/mol. The monoisotopic (exact) mass is 241 g/mol. The Bertz CT molecular complexity index is 196. The van der Waals surface area contributed by atoms with E-state index in [9.17, 15) is 0 Å². The highest BCUT2D eigenvalue weighted by Crippen LogP contribution is 2.27. The Morgan fingerprint density at radius 2 is 1.94 bits per heavy atom. The van der Waals surface area contributed by atoms with Crippen molar-refractivity contribution in [1.82, 2.24) is 5.32 Å². The van der Waals surface area contributed by atoms with Crippen LogP contribution in [0.1, 0.15) is 45.4 Å². The van der Waals surface area contributed by atoms with Gasteiger partial charge in [0.15, 0.2) is 0 Å². The van der Waals surface area contributed by atoms with E-state index in [0.717, 1.165) is 32.3 Å².